The summed E-state index contributed by atoms with van der Waals surface area (Å²) in [5.74, 6) is 0.798. The smallest absolute Gasteiger partial charge is 0.157 e. The van der Waals surface area contributed by atoms with E-state index in [-0.39, 0.29) is 0 Å². The lowest BCUT2D eigenvalue weighted by atomic mass is 10.2. The zero-order valence-corrected chi connectivity index (χ0v) is 10.5. The average molecular weight is 325 g/mol. The van der Waals surface area contributed by atoms with Crippen LogP contribution in [0.15, 0.2) is 18.2 Å². The van der Waals surface area contributed by atoms with Crippen molar-refractivity contribution in [2.45, 2.75) is 0 Å². The highest BCUT2D eigenvalue weighted by Gasteiger charge is 2.12. The van der Waals surface area contributed by atoms with E-state index in [4.69, 9.17) is 16.3 Å². The monoisotopic (exact) mass is 324 g/mol. The Morgan fingerprint density at radius 1 is 1.46 bits per heavy atom. The molecule has 1 aromatic carbocycles. The Labute approximate surface area is 98.8 Å². The summed E-state index contributed by atoms with van der Waals surface area (Å²) in [5.41, 5.74) is 0. The van der Waals surface area contributed by atoms with Gasteiger partial charge in [-0.15, -0.1) is 11.3 Å². The van der Waals surface area contributed by atoms with Gasteiger partial charge in [-0.05, 0) is 34.7 Å². The number of hydrogen-bond acceptors (Lipinski definition) is 2. The molecule has 4 heteroatoms. The van der Waals surface area contributed by atoms with Gasteiger partial charge in [0.15, 0.2) is 5.75 Å². The van der Waals surface area contributed by atoms with Crippen LogP contribution in [0.25, 0.3) is 10.1 Å². The normalized spacial score (nSPS) is 10.7. The molecule has 2 rings (SSSR count). The highest BCUT2D eigenvalue weighted by Crippen LogP contribution is 2.43. The van der Waals surface area contributed by atoms with Crippen molar-refractivity contribution >= 4 is 55.6 Å². The van der Waals surface area contributed by atoms with Crippen LogP contribution in [-0.4, -0.2) is 7.11 Å². The SMILES string of the molecule is COc1c(Cl)sc2cccc(I)c12. The van der Waals surface area contributed by atoms with Gasteiger partial charge >= 0.3 is 0 Å². The van der Waals surface area contributed by atoms with Crippen molar-refractivity contribution in [3.63, 3.8) is 0 Å². The molecule has 1 nitrogen and oxygen atoms in total. The van der Waals surface area contributed by atoms with Gasteiger partial charge in [-0.25, -0.2) is 0 Å². The van der Waals surface area contributed by atoms with E-state index in [9.17, 15) is 0 Å². The van der Waals surface area contributed by atoms with Gasteiger partial charge in [0.1, 0.15) is 4.34 Å². The fourth-order valence-corrected chi connectivity index (χ4v) is 3.50. The molecule has 0 unspecified atom stereocenters. The van der Waals surface area contributed by atoms with Crippen molar-refractivity contribution in [3.8, 4) is 5.75 Å². The molecule has 0 bridgehead atoms. The second-order valence-electron chi connectivity index (χ2n) is 2.52. The van der Waals surface area contributed by atoms with E-state index in [1.165, 1.54) is 8.27 Å². The first-order valence-electron chi connectivity index (χ1n) is 3.64. The van der Waals surface area contributed by atoms with Crippen molar-refractivity contribution in [3.05, 3.63) is 26.1 Å². The lowest BCUT2D eigenvalue weighted by molar-refractivity contribution is 0.421. The predicted octanol–water partition coefficient (Wildman–Crippen LogP) is 4.17. The van der Waals surface area contributed by atoms with Gasteiger partial charge in [-0.1, -0.05) is 17.7 Å². The topological polar surface area (TPSA) is 9.23 Å². The Morgan fingerprint density at radius 2 is 2.23 bits per heavy atom. The van der Waals surface area contributed by atoms with E-state index in [1.54, 1.807) is 18.4 Å². The van der Waals surface area contributed by atoms with Crippen LogP contribution in [0.3, 0.4) is 0 Å². The van der Waals surface area contributed by atoms with E-state index >= 15 is 0 Å². The first-order chi connectivity index (χ1) is 6.24. The van der Waals surface area contributed by atoms with Crippen molar-refractivity contribution in [1.82, 2.24) is 0 Å². The summed E-state index contributed by atoms with van der Waals surface area (Å²) in [7, 11) is 1.65. The molecule has 13 heavy (non-hydrogen) atoms. The first kappa shape index (κ1) is 9.55. The summed E-state index contributed by atoms with van der Waals surface area (Å²) < 4.78 is 8.33. The molecule has 0 aliphatic carbocycles. The third kappa shape index (κ3) is 1.53. The number of benzene rings is 1. The van der Waals surface area contributed by atoms with E-state index in [2.05, 4.69) is 34.7 Å². The Kier molecular flexibility index (Phi) is 2.67. The number of ether oxygens (including phenoxy) is 1. The van der Waals surface area contributed by atoms with Crippen LogP contribution >= 0.6 is 45.5 Å². The van der Waals surface area contributed by atoms with Crippen molar-refractivity contribution in [2.24, 2.45) is 0 Å². The fourth-order valence-electron chi connectivity index (χ4n) is 1.23. The standard InChI is InChI=1S/C9H6ClIOS/c1-12-8-7-5(11)3-2-4-6(7)13-9(8)10/h2-4H,1H3. The van der Waals surface area contributed by atoms with Crippen LogP contribution in [0.2, 0.25) is 4.34 Å². The lowest BCUT2D eigenvalue weighted by Gasteiger charge is -1.99. The molecule has 2 aromatic rings. The van der Waals surface area contributed by atoms with Gasteiger partial charge in [0.2, 0.25) is 0 Å². The molecule has 0 saturated heterocycles. The van der Waals surface area contributed by atoms with Gasteiger partial charge in [0.05, 0.1) is 7.11 Å². The number of methoxy groups -OCH3 is 1. The van der Waals surface area contributed by atoms with Crippen LogP contribution < -0.4 is 4.74 Å². The summed E-state index contributed by atoms with van der Waals surface area (Å²) in [6, 6.07) is 6.13. The molecule has 1 aromatic heterocycles. The molecule has 0 spiro atoms. The molecule has 1 heterocycles. The van der Waals surface area contributed by atoms with Gasteiger partial charge < -0.3 is 4.74 Å². The van der Waals surface area contributed by atoms with Crippen molar-refractivity contribution in [1.29, 1.82) is 0 Å². The predicted molar refractivity (Wildman–Crippen MR) is 66.1 cm³/mol. The number of halogens is 2. The molecule has 68 valence electrons. The van der Waals surface area contributed by atoms with Gasteiger partial charge in [0, 0.05) is 13.7 Å². The van der Waals surface area contributed by atoms with E-state index in [1.807, 2.05) is 6.07 Å². The third-order valence-corrected chi connectivity index (χ3v) is 4.01. The summed E-state index contributed by atoms with van der Waals surface area (Å²) in [6.45, 7) is 0. The minimum Gasteiger partial charge on any atom is -0.494 e. The Morgan fingerprint density at radius 3 is 2.92 bits per heavy atom. The molecule has 0 aliphatic rings. The van der Waals surface area contributed by atoms with Gasteiger partial charge in [0.25, 0.3) is 0 Å². The molecule has 0 radical (unpaired) electrons. The third-order valence-electron chi connectivity index (χ3n) is 1.78. The quantitative estimate of drug-likeness (QED) is 0.716. The van der Waals surface area contributed by atoms with Crippen LogP contribution in [0.1, 0.15) is 0 Å². The maximum Gasteiger partial charge on any atom is 0.157 e. The lowest BCUT2D eigenvalue weighted by Crippen LogP contribution is -1.82. The van der Waals surface area contributed by atoms with E-state index in [0.717, 1.165) is 15.5 Å². The largest absolute Gasteiger partial charge is 0.494 e. The summed E-state index contributed by atoms with van der Waals surface area (Å²) in [6.07, 6.45) is 0. The zero-order valence-electron chi connectivity index (χ0n) is 6.80. The maximum absolute atomic E-state index is 6.03. The fraction of sp³-hybridized carbons (Fsp3) is 0.111. The summed E-state index contributed by atoms with van der Waals surface area (Å²) in [5, 5.41) is 1.13. The minimum atomic E-state index is 0.724. The Hall–Kier alpha value is -0.000000000000000111. The molecular formula is C9H6ClIOS. The maximum atomic E-state index is 6.03. The highest BCUT2D eigenvalue weighted by molar-refractivity contribution is 14.1. The second kappa shape index (κ2) is 3.63. The van der Waals surface area contributed by atoms with E-state index < -0.39 is 0 Å². The molecule has 0 saturated carbocycles. The highest BCUT2D eigenvalue weighted by atomic mass is 127. The molecule has 0 fully saturated rings. The molecule has 0 N–H and O–H groups in total. The van der Waals surface area contributed by atoms with Gasteiger partial charge in [-0.2, -0.15) is 0 Å². The molecule has 0 aliphatic heterocycles. The average Bonchev–Trinajstić information content (AvgIpc) is 2.42. The minimum absolute atomic E-state index is 0.724. The van der Waals surface area contributed by atoms with Crippen LogP contribution in [0.4, 0.5) is 0 Å². The number of fused-ring (bicyclic) bond motifs is 1. The summed E-state index contributed by atoms with van der Waals surface area (Å²) >= 11 is 9.87. The second-order valence-corrected chi connectivity index (χ2v) is 5.34. The number of hydrogen-bond donors (Lipinski definition) is 0. The van der Waals surface area contributed by atoms with Crippen LogP contribution in [0, 0.1) is 3.57 Å². The zero-order chi connectivity index (χ0) is 9.42. The molecule has 0 amide bonds. The van der Waals surface area contributed by atoms with Gasteiger partial charge in [-0.3, -0.25) is 0 Å². The Balaban J connectivity index is 2.88. The van der Waals surface area contributed by atoms with Crippen molar-refractivity contribution in [2.75, 3.05) is 7.11 Å². The summed E-state index contributed by atoms with van der Waals surface area (Å²) in [4.78, 5) is 0. The van der Waals surface area contributed by atoms with Crippen molar-refractivity contribution < 1.29 is 4.74 Å². The molecular weight excluding hydrogens is 319 g/mol. The van der Waals surface area contributed by atoms with Crippen LogP contribution in [0.5, 0.6) is 5.75 Å². The van der Waals surface area contributed by atoms with E-state index in [0.29, 0.717) is 0 Å². The Bertz CT molecular complexity index is 452. The first-order valence-corrected chi connectivity index (χ1v) is 5.92. The molecule has 0 atom stereocenters. The number of thiophene rings is 1. The number of rotatable bonds is 1. The van der Waals surface area contributed by atoms with Crippen LogP contribution in [-0.2, 0) is 0 Å².